The van der Waals surface area contributed by atoms with Crippen molar-refractivity contribution >= 4 is 55.4 Å². The summed E-state index contributed by atoms with van der Waals surface area (Å²) in [5.74, 6) is 1.91. The minimum atomic E-state index is 0.630. The molecular weight excluding hydrogens is 715 g/mol. The van der Waals surface area contributed by atoms with E-state index in [1.807, 2.05) is 17.8 Å². The van der Waals surface area contributed by atoms with Crippen molar-refractivity contribution < 1.29 is 0 Å². The number of hydrogen-bond donors (Lipinski definition) is 0. The molecule has 57 heavy (non-hydrogen) atoms. The minimum absolute atomic E-state index is 0.630. The fraction of sp³-hybridized carbons (Fsp3) is 0. The molecule has 0 unspecified atom stereocenters. The lowest BCUT2D eigenvalue weighted by atomic mass is 10.0. The van der Waals surface area contributed by atoms with Crippen LogP contribution in [0.1, 0.15) is 0 Å². The van der Waals surface area contributed by atoms with Crippen LogP contribution in [0.25, 0.3) is 100 Å². The summed E-state index contributed by atoms with van der Waals surface area (Å²) in [4.78, 5) is 18.1. The summed E-state index contributed by atoms with van der Waals surface area (Å²) in [6.45, 7) is 0. The van der Waals surface area contributed by atoms with E-state index in [2.05, 4.69) is 191 Å². The van der Waals surface area contributed by atoms with Crippen LogP contribution in [-0.2, 0) is 0 Å². The van der Waals surface area contributed by atoms with Gasteiger partial charge in [-0.25, -0.2) is 15.0 Å². The first-order valence-corrected chi connectivity index (χ1v) is 19.9. The van der Waals surface area contributed by atoms with Gasteiger partial charge in [-0.05, 0) is 64.4 Å². The van der Waals surface area contributed by atoms with Gasteiger partial charge in [-0.15, -0.1) is 0 Å². The van der Waals surface area contributed by atoms with Gasteiger partial charge in [-0.1, -0.05) is 157 Å². The van der Waals surface area contributed by atoms with Crippen LogP contribution in [0.15, 0.2) is 198 Å². The van der Waals surface area contributed by atoms with E-state index in [0.29, 0.717) is 17.5 Å². The molecule has 8 aromatic carbocycles. The summed E-state index contributed by atoms with van der Waals surface area (Å²) in [5.41, 5.74) is 10.9. The number of rotatable bonds is 5. The van der Waals surface area contributed by atoms with E-state index in [4.69, 9.17) is 15.0 Å². The van der Waals surface area contributed by atoms with E-state index in [9.17, 15) is 0 Å². The Morgan fingerprint density at radius 1 is 0.404 bits per heavy atom. The Kier molecular flexibility index (Phi) is 7.09. The van der Waals surface area contributed by atoms with Crippen molar-refractivity contribution in [3.63, 3.8) is 0 Å². The van der Waals surface area contributed by atoms with Gasteiger partial charge in [0.1, 0.15) is 5.65 Å². The van der Waals surface area contributed by atoms with E-state index in [1.165, 1.54) is 42.5 Å². The topological polar surface area (TPSA) is 48.5 Å². The lowest BCUT2D eigenvalue weighted by Gasteiger charge is -2.22. The maximum absolute atomic E-state index is 5.26. The van der Waals surface area contributed by atoms with E-state index in [0.717, 1.165) is 50.0 Å². The van der Waals surface area contributed by atoms with Crippen LogP contribution in [0.3, 0.4) is 0 Å². The second-order valence-corrected chi connectivity index (χ2v) is 15.5. The van der Waals surface area contributed by atoms with Crippen LogP contribution in [0.4, 0.5) is 0 Å². The van der Waals surface area contributed by atoms with Gasteiger partial charge in [0.25, 0.3) is 0 Å². The second-order valence-electron chi connectivity index (χ2n) is 14.4. The highest BCUT2D eigenvalue weighted by atomic mass is 32.2. The second kappa shape index (κ2) is 12.6. The summed E-state index contributed by atoms with van der Waals surface area (Å²) in [6, 6.07) is 66.5. The van der Waals surface area contributed by atoms with Gasteiger partial charge >= 0.3 is 0 Å². The molecular formula is C51H31N5S. The van der Waals surface area contributed by atoms with Crippen molar-refractivity contribution in [2.45, 2.75) is 9.79 Å². The number of fused-ring (bicyclic) bond motifs is 8. The van der Waals surface area contributed by atoms with Crippen molar-refractivity contribution in [2.75, 3.05) is 0 Å². The molecule has 0 spiro atoms. The Balaban J connectivity index is 1.10. The minimum Gasteiger partial charge on any atom is -0.295 e. The third kappa shape index (κ3) is 5.01. The Morgan fingerprint density at radius 2 is 1.02 bits per heavy atom. The smallest absolute Gasteiger partial charge is 0.164 e. The zero-order valence-corrected chi connectivity index (χ0v) is 31.4. The molecule has 11 aromatic rings. The number of para-hydroxylation sites is 3. The van der Waals surface area contributed by atoms with Crippen LogP contribution >= 0.6 is 11.8 Å². The Labute approximate surface area is 332 Å². The molecule has 1 aliphatic heterocycles. The maximum atomic E-state index is 5.26. The summed E-state index contributed by atoms with van der Waals surface area (Å²) >= 11 is 1.82. The summed E-state index contributed by atoms with van der Waals surface area (Å²) in [6.07, 6.45) is 0. The zero-order valence-electron chi connectivity index (χ0n) is 30.5. The van der Waals surface area contributed by atoms with Gasteiger partial charge in [0.15, 0.2) is 17.5 Å². The molecule has 0 bridgehead atoms. The third-order valence-electron chi connectivity index (χ3n) is 11.2. The third-order valence-corrected chi connectivity index (χ3v) is 12.3. The first-order chi connectivity index (χ1) is 28.3. The molecule has 0 aliphatic carbocycles. The number of hydrogen-bond acceptors (Lipinski definition) is 4. The molecule has 0 amide bonds. The average molecular weight is 746 g/mol. The summed E-state index contributed by atoms with van der Waals surface area (Å²) in [5, 5.41) is 5.99. The number of aromatic nitrogens is 5. The van der Waals surface area contributed by atoms with Crippen LogP contribution in [0.2, 0.25) is 0 Å². The molecule has 0 atom stereocenters. The van der Waals surface area contributed by atoms with E-state index in [1.54, 1.807) is 0 Å². The van der Waals surface area contributed by atoms with Crippen molar-refractivity contribution in [3.05, 3.63) is 188 Å². The van der Waals surface area contributed by atoms with Gasteiger partial charge in [0.05, 0.1) is 16.7 Å². The number of nitrogens with zero attached hydrogens (tertiary/aromatic N) is 5. The lowest BCUT2D eigenvalue weighted by molar-refractivity contribution is 1.02. The highest BCUT2D eigenvalue weighted by molar-refractivity contribution is 7.99. The Bertz CT molecular complexity index is 3360. The molecule has 4 heterocycles. The van der Waals surface area contributed by atoms with Gasteiger partial charge in [0, 0.05) is 48.3 Å². The molecule has 1 aliphatic rings. The van der Waals surface area contributed by atoms with E-state index in [-0.39, 0.29) is 0 Å². The van der Waals surface area contributed by atoms with E-state index < -0.39 is 0 Å². The molecule has 0 radical (unpaired) electrons. The first kappa shape index (κ1) is 32.0. The standard InChI is InChI=1S/C51H31N5S/c1-3-13-32(14-4-1)33-25-27-35(28-26-33)48-52-49(54-50(53-48)39-21-11-16-34-15-7-8-19-38(34)39)36-29-30-44-43(31-36)56-47-41(22-12-24-45(47)57-44)46-40-20-9-10-23-42(40)55(51(46)56)37-17-5-2-6-18-37/h1-31H. The fourth-order valence-corrected chi connectivity index (χ4v) is 9.65. The molecule has 6 heteroatoms. The lowest BCUT2D eigenvalue weighted by Crippen LogP contribution is -2.06. The van der Waals surface area contributed by atoms with Gasteiger partial charge in [-0.2, -0.15) is 0 Å². The zero-order chi connectivity index (χ0) is 37.5. The fourth-order valence-electron chi connectivity index (χ4n) is 8.57. The monoisotopic (exact) mass is 745 g/mol. The van der Waals surface area contributed by atoms with Crippen molar-refractivity contribution in [1.29, 1.82) is 0 Å². The van der Waals surface area contributed by atoms with Crippen LogP contribution in [-0.4, -0.2) is 24.1 Å². The SMILES string of the molecule is c1ccc(-c2ccc(-c3nc(-c4ccc5c(c4)-n4c6c(cccc6c6c7ccccc7n(-c7ccccc7)c64)S5)nc(-c4cccc5ccccc45)n3)cc2)cc1. The molecule has 5 nitrogen and oxygen atoms in total. The predicted octanol–water partition coefficient (Wildman–Crippen LogP) is 13.2. The average Bonchev–Trinajstić information content (AvgIpc) is 3.81. The van der Waals surface area contributed by atoms with Crippen LogP contribution in [0, 0.1) is 0 Å². The molecule has 266 valence electrons. The quantitative estimate of drug-likeness (QED) is 0.176. The van der Waals surface area contributed by atoms with Crippen LogP contribution in [0.5, 0.6) is 0 Å². The molecule has 3 aromatic heterocycles. The van der Waals surface area contributed by atoms with Crippen molar-refractivity contribution in [1.82, 2.24) is 24.1 Å². The molecule has 0 saturated heterocycles. The molecule has 12 rings (SSSR count). The first-order valence-electron chi connectivity index (χ1n) is 19.1. The van der Waals surface area contributed by atoms with Crippen molar-refractivity contribution in [3.8, 4) is 56.7 Å². The summed E-state index contributed by atoms with van der Waals surface area (Å²) < 4.78 is 4.89. The summed E-state index contributed by atoms with van der Waals surface area (Å²) in [7, 11) is 0. The maximum Gasteiger partial charge on any atom is 0.164 e. The number of benzene rings is 8. The molecule has 0 fully saturated rings. The molecule has 0 N–H and O–H groups in total. The Hall–Kier alpha value is -7.28. The largest absolute Gasteiger partial charge is 0.295 e. The molecule has 0 saturated carbocycles. The van der Waals surface area contributed by atoms with Crippen molar-refractivity contribution in [2.24, 2.45) is 0 Å². The predicted molar refractivity (Wildman–Crippen MR) is 234 cm³/mol. The Morgan fingerprint density at radius 3 is 1.86 bits per heavy atom. The van der Waals surface area contributed by atoms with Gasteiger partial charge < -0.3 is 0 Å². The van der Waals surface area contributed by atoms with Gasteiger partial charge in [-0.3, -0.25) is 9.13 Å². The highest BCUT2D eigenvalue weighted by Crippen LogP contribution is 2.50. The van der Waals surface area contributed by atoms with E-state index >= 15 is 0 Å². The highest BCUT2D eigenvalue weighted by Gasteiger charge is 2.28. The van der Waals surface area contributed by atoms with Gasteiger partial charge in [0.2, 0.25) is 0 Å². The van der Waals surface area contributed by atoms with Crippen LogP contribution < -0.4 is 0 Å². The normalized spacial score (nSPS) is 12.1.